The summed E-state index contributed by atoms with van der Waals surface area (Å²) in [7, 11) is -3.81. The lowest BCUT2D eigenvalue weighted by Gasteiger charge is -2.13. The van der Waals surface area contributed by atoms with E-state index >= 15 is 0 Å². The first kappa shape index (κ1) is 17.4. The van der Waals surface area contributed by atoms with Gasteiger partial charge in [0.2, 0.25) is 0 Å². The normalized spacial score (nSPS) is 11.4. The molecule has 0 radical (unpaired) electrons. The molecule has 0 bridgehead atoms. The van der Waals surface area contributed by atoms with Crippen LogP contribution in [0.1, 0.15) is 6.92 Å². The minimum Gasteiger partial charge on any atom is -0.506 e. The van der Waals surface area contributed by atoms with Gasteiger partial charge >= 0.3 is 0 Å². The molecule has 3 aromatic carbocycles. The van der Waals surface area contributed by atoms with E-state index in [0.29, 0.717) is 28.8 Å². The van der Waals surface area contributed by atoms with E-state index in [0.717, 1.165) is 0 Å². The average Bonchev–Trinajstić information content (AvgIpc) is 2.60. The van der Waals surface area contributed by atoms with Gasteiger partial charge in [0.1, 0.15) is 11.5 Å². The summed E-state index contributed by atoms with van der Waals surface area (Å²) in [6.07, 6.45) is 0. The molecule has 0 saturated carbocycles. The van der Waals surface area contributed by atoms with E-state index in [1.807, 2.05) is 6.92 Å². The maximum absolute atomic E-state index is 12.7. The number of ether oxygens (including phenoxy) is 1. The van der Waals surface area contributed by atoms with Crippen LogP contribution in [0.3, 0.4) is 0 Å². The number of halogens is 1. The Morgan fingerprint density at radius 2 is 1.72 bits per heavy atom. The number of phenolic OH excluding ortho intramolecular Hbond substituents is 1. The zero-order chi connectivity index (χ0) is 18.0. The van der Waals surface area contributed by atoms with Crippen LogP contribution in [0.5, 0.6) is 11.5 Å². The number of hydrogen-bond donors (Lipinski definition) is 2. The molecule has 7 heteroatoms. The lowest BCUT2D eigenvalue weighted by atomic mass is 10.1. The number of sulfonamides is 1. The van der Waals surface area contributed by atoms with Gasteiger partial charge in [0, 0.05) is 10.8 Å². The third-order valence-electron chi connectivity index (χ3n) is 3.66. The van der Waals surface area contributed by atoms with E-state index in [4.69, 9.17) is 16.3 Å². The van der Waals surface area contributed by atoms with Gasteiger partial charge in [-0.05, 0) is 37.3 Å². The highest BCUT2D eigenvalue weighted by Gasteiger charge is 2.18. The fourth-order valence-electron chi connectivity index (χ4n) is 2.50. The first-order valence-electron chi connectivity index (χ1n) is 7.58. The number of anilines is 1. The van der Waals surface area contributed by atoms with Gasteiger partial charge in [0.25, 0.3) is 10.0 Å². The molecule has 0 aliphatic rings. The molecule has 0 aliphatic heterocycles. The van der Waals surface area contributed by atoms with Crippen molar-refractivity contribution in [1.82, 2.24) is 0 Å². The summed E-state index contributed by atoms with van der Waals surface area (Å²) >= 11 is 6.02. The lowest BCUT2D eigenvalue weighted by Crippen LogP contribution is -2.13. The van der Waals surface area contributed by atoms with E-state index < -0.39 is 10.0 Å². The van der Waals surface area contributed by atoms with Crippen LogP contribution in [0.15, 0.2) is 59.5 Å². The Bertz CT molecular complexity index is 1020. The average molecular weight is 378 g/mol. The summed E-state index contributed by atoms with van der Waals surface area (Å²) in [5.74, 6) is 0.515. The Balaban J connectivity index is 2.01. The standard InChI is InChI=1S/C18H16ClNO4S/c1-2-24-12-7-9-13(10-8-12)25(22,23)20-17-11-16(19)18(21)15-6-4-3-5-14(15)17/h3-11,20-21H,2H2,1H3. The monoisotopic (exact) mass is 377 g/mol. The van der Waals surface area contributed by atoms with Gasteiger partial charge in [0.05, 0.1) is 22.2 Å². The Labute approximate surface area is 150 Å². The Hall–Kier alpha value is -2.44. The first-order chi connectivity index (χ1) is 11.9. The molecule has 0 atom stereocenters. The molecule has 25 heavy (non-hydrogen) atoms. The van der Waals surface area contributed by atoms with E-state index in [2.05, 4.69) is 4.72 Å². The first-order valence-corrected chi connectivity index (χ1v) is 9.44. The topological polar surface area (TPSA) is 75.6 Å². The third kappa shape index (κ3) is 3.50. The quantitative estimate of drug-likeness (QED) is 0.646. The van der Waals surface area contributed by atoms with Crippen LogP contribution in [-0.4, -0.2) is 20.1 Å². The Kier molecular flexibility index (Phi) is 4.74. The molecule has 3 aromatic rings. The van der Waals surface area contributed by atoms with Crippen molar-refractivity contribution in [2.45, 2.75) is 11.8 Å². The van der Waals surface area contributed by atoms with Gasteiger partial charge in [-0.2, -0.15) is 0 Å². The van der Waals surface area contributed by atoms with Gasteiger partial charge in [-0.1, -0.05) is 35.9 Å². The van der Waals surface area contributed by atoms with Crippen LogP contribution >= 0.6 is 11.6 Å². The fourth-order valence-corrected chi connectivity index (χ4v) is 3.78. The van der Waals surface area contributed by atoms with Crippen molar-refractivity contribution in [3.63, 3.8) is 0 Å². The highest BCUT2D eigenvalue weighted by atomic mass is 35.5. The highest BCUT2D eigenvalue weighted by Crippen LogP contribution is 2.38. The lowest BCUT2D eigenvalue weighted by molar-refractivity contribution is 0.340. The second-order valence-corrected chi connectivity index (χ2v) is 7.40. The van der Waals surface area contributed by atoms with Crippen molar-refractivity contribution in [3.8, 4) is 11.5 Å². The Morgan fingerprint density at radius 3 is 2.36 bits per heavy atom. The summed E-state index contributed by atoms with van der Waals surface area (Å²) < 4.78 is 33.2. The number of aromatic hydroxyl groups is 1. The van der Waals surface area contributed by atoms with Gasteiger partial charge in [0.15, 0.2) is 0 Å². The van der Waals surface area contributed by atoms with Crippen LogP contribution in [0, 0.1) is 0 Å². The molecule has 3 rings (SSSR count). The number of fused-ring (bicyclic) bond motifs is 1. The van der Waals surface area contributed by atoms with Gasteiger partial charge in [-0.25, -0.2) is 8.42 Å². The number of hydrogen-bond acceptors (Lipinski definition) is 4. The summed E-state index contributed by atoms with van der Waals surface area (Å²) in [4.78, 5) is 0.101. The molecule has 2 N–H and O–H groups in total. The second kappa shape index (κ2) is 6.82. The van der Waals surface area contributed by atoms with E-state index in [1.165, 1.54) is 18.2 Å². The molecule has 0 spiro atoms. The smallest absolute Gasteiger partial charge is 0.261 e. The van der Waals surface area contributed by atoms with Crippen LogP contribution < -0.4 is 9.46 Å². The van der Waals surface area contributed by atoms with Crippen molar-refractivity contribution in [1.29, 1.82) is 0 Å². The summed E-state index contributed by atoms with van der Waals surface area (Å²) in [5, 5.41) is 11.2. The summed E-state index contributed by atoms with van der Waals surface area (Å²) in [5.41, 5.74) is 0.298. The minimum absolute atomic E-state index is 0.0723. The molecule has 0 saturated heterocycles. The number of nitrogens with one attached hydrogen (secondary N) is 1. The predicted octanol–water partition coefficient (Wildman–Crippen LogP) is 4.40. The fraction of sp³-hybridized carbons (Fsp3) is 0.111. The highest BCUT2D eigenvalue weighted by molar-refractivity contribution is 7.92. The summed E-state index contributed by atoms with van der Waals surface area (Å²) in [6.45, 7) is 2.36. The van der Waals surface area contributed by atoms with E-state index in [-0.39, 0.29) is 15.7 Å². The molecule has 0 aliphatic carbocycles. The SMILES string of the molecule is CCOc1ccc(S(=O)(=O)Nc2cc(Cl)c(O)c3ccccc23)cc1. The molecule has 0 heterocycles. The van der Waals surface area contributed by atoms with E-state index in [9.17, 15) is 13.5 Å². The maximum atomic E-state index is 12.7. The zero-order valence-electron chi connectivity index (χ0n) is 13.4. The number of rotatable bonds is 5. The molecular weight excluding hydrogens is 362 g/mol. The minimum atomic E-state index is -3.81. The zero-order valence-corrected chi connectivity index (χ0v) is 14.9. The molecule has 5 nitrogen and oxygen atoms in total. The molecule has 0 unspecified atom stereocenters. The van der Waals surface area contributed by atoms with E-state index in [1.54, 1.807) is 36.4 Å². The van der Waals surface area contributed by atoms with Crippen LogP contribution in [-0.2, 0) is 10.0 Å². The molecule has 130 valence electrons. The van der Waals surface area contributed by atoms with Crippen molar-refractivity contribution in [2.24, 2.45) is 0 Å². The van der Waals surface area contributed by atoms with Gasteiger partial charge in [-0.3, -0.25) is 4.72 Å². The van der Waals surface area contributed by atoms with Crippen molar-refractivity contribution in [2.75, 3.05) is 11.3 Å². The van der Waals surface area contributed by atoms with Crippen LogP contribution in [0.2, 0.25) is 5.02 Å². The third-order valence-corrected chi connectivity index (χ3v) is 5.33. The maximum Gasteiger partial charge on any atom is 0.261 e. The van der Waals surface area contributed by atoms with Crippen molar-refractivity contribution < 1.29 is 18.3 Å². The van der Waals surface area contributed by atoms with Crippen LogP contribution in [0.25, 0.3) is 10.8 Å². The van der Waals surface area contributed by atoms with Gasteiger partial charge in [-0.15, -0.1) is 0 Å². The number of phenols is 1. The van der Waals surface area contributed by atoms with Crippen molar-refractivity contribution >= 4 is 38.1 Å². The molecule has 0 aromatic heterocycles. The molecule has 0 fully saturated rings. The summed E-state index contributed by atoms with van der Waals surface area (Å²) in [6, 6.07) is 14.4. The van der Waals surface area contributed by atoms with Crippen LogP contribution in [0.4, 0.5) is 5.69 Å². The Morgan fingerprint density at radius 1 is 1.08 bits per heavy atom. The van der Waals surface area contributed by atoms with Gasteiger partial charge < -0.3 is 9.84 Å². The second-order valence-electron chi connectivity index (χ2n) is 5.31. The molecule has 0 amide bonds. The number of benzene rings is 3. The largest absolute Gasteiger partial charge is 0.506 e. The van der Waals surface area contributed by atoms with Crippen molar-refractivity contribution in [3.05, 3.63) is 59.6 Å². The predicted molar refractivity (Wildman–Crippen MR) is 99.0 cm³/mol. The molecular formula is C18H16ClNO4S.